The number of hydrogen-bond acceptors (Lipinski definition) is 7. The van der Waals surface area contributed by atoms with E-state index in [1.165, 1.54) is 54.7 Å². The van der Waals surface area contributed by atoms with Crippen molar-refractivity contribution in [2.45, 2.75) is 22.6 Å². The number of nitro groups is 1. The Morgan fingerprint density at radius 2 is 1.57 bits per heavy atom. The van der Waals surface area contributed by atoms with E-state index in [-0.39, 0.29) is 40.0 Å². The van der Waals surface area contributed by atoms with Crippen molar-refractivity contribution in [3.05, 3.63) is 101 Å². The number of rotatable bonds is 8. The van der Waals surface area contributed by atoms with Gasteiger partial charge >= 0.3 is 0 Å². The number of aromatic nitrogens is 1. The molecule has 0 radical (unpaired) electrons. The second-order valence-corrected chi connectivity index (χ2v) is 9.40. The third-order valence-electron chi connectivity index (χ3n) is 5.05. The van der Waals surface area contributed by atoms with Gasteiger partial charge in [-0.1, -0.05) is 0 Å². The largest absolute Gasteiger partial charge is 0.441 e. The molecule has 1 amide bonds. The molecule has 3 aromatic carbocycles. The standard InChI is InChI=1S/C24H18FN3O6S/c25-17-3-1-16(2-4-17)22-15-26-24(34-22)14-13-23(29)27-18-5-9-20(10-6-18)35(32,33)21-11-7-19(8-12-21)28(30)31/h1-12,15H,13-14H2,(H,27,29). The second kappa shape index (κ2) is 9.85. The van der Waals surface area contributed by atoms with Gasteiger partial charge in [0, 0.05) is 36.2 Å². The maximum Gasteiger partial charge on any atom is 0.269 e. The fourth-order valence-corrected chi connectivity index (χ4v) is 4.48. The topological polar surface area (TPSA) is 132 Å². The first kappa shape index (κ1) is 23.8. The van der Waals surface area contributed by atoms with Gasteiger partial charge in [-0.15, -0.1) is 0 Å². The first-order chi connectivity index (χ1) is 16.7. The van der Waals surface area contributed by atoms with Gasteiger partial charge in [0.2, 0.25) is 15.7 Å². The average molecular weight is 495 g/mol. The molecular weight excluding hydrogens is 477 g/mol. The van der Waals surface area contributed by atoms with Gasteiger partial charge in [0.15, 0.2) is 11.7 Å². The van der Waals surface area contributed by atoms with E-state index in [4.69, 9.17) is 4.42 Å². The second-order valence-electron chi connectivity index (χ2n) is 7.45. The number of aryl methyl sites for hydroxylation is 1. The first-order valence-corrected chi connectivity index (χ1v) is 11.8. The number of amides is 1. The summed E-state index contributed by atoms with van der Waals surface area (Å²) in [4.78, 5) is 26.5. The number of nitrogens with zero attached hydrogens (tertiary/aromatic N) is 2. The van der Waals surface area contributed by atoms with E-state index >= 15 is 0 Å². The van der Waals surface area contributed by atoms with Crippen LogP contribution in [0.2, 0.25) is 0 Å². The highest BCUT2D eigenvalue weighted by Gasteiger charge is 2.19. The monoisotopic (exact) mass is 495 g/mol. The lowest BCUT2D eigenvalue weighted by Gasteiger charge is -2.07. The molecule has 0 saturated heterocycles. The highest BCUT2D eigenvalue weighted by Crippen LogP contribution is 2.25. The van der Waals surface area contributed by atoms with E-state index in [1.54, 1.807) is 12.1 Å². The van der Waals surface area contributed by atoms with Crippen LogP contribution in [0.25, 0.3) is 11.3 Å². The molecule has 4 rings (SSSR count). The molecule has 0 unspecified atom stereocenters. The molecule has 0 aliphatic rings. The number of nitro benzene ring substituents is 1. The summed E-state index contributed by atoms with van der Waals surface area (Å²) in [6.45, 7) is 0. The molecule has 1 heterocycles. The van der Waals surface area contributed by atoms with Crippen molar-refractivity contribution in [2.24, 2.45) is 0 Å². The minimum Gasteiger partial charge on any atom is -0.441 e. The van der Waals surface area contributed by atoms with Crippen LogP contribution in [0, 0.1) is 15.9 Å². The Bertz CT molecular complexity index is 1470. The Kier molecular flexibility index (Phi) is 6.69. The van der Waals surface area contributed by atoms with Crippen LogP contribution in [0.15, 0.2) is 93.2 Å². The number of carbonyl (C=O) groups is 1. The van der Waals surface area contributed by atoms with Crippen LogP contribution in [0.1, 0.15) is 12.3 Å². The molecule has 0 atom stereocenters. The summed E-state index contributed by atoms with van der Waals surface area (Å²) in [5.41, 5.74) is 0.855. The van der Waals surface area contributed by atoms with Crippen molar-refractivity contribution in [2.75, 3.05) is 5.32 Å². The predicted molar refractivity (Wildman–Crippen MR) is 124 cm³/mol. The molecule has 9 nitrogen and oxygen atoms in total. The van der Waals surface area contributed by atoms with Crippen molar-refractivity contribution in [3.63, 3.8) is 0 Å². The summed E-state index contributed by atoms with van der Waals surface area (Å²) in [5.74, 6) is 0.133. The van der Waals surface area contributed by atoms with E-state index in [2.05, 4.69) is 10.3 Å². The average Bonchev–Trinajstić information content (AvgIpc) is 3.33. The lowest BCUT2D eigenvalue weighted by Crippen LogP contribution is -2.12. The minimum atomic E-state index is -3.87. The number of sulfone groups is 1. The Morgan fingerprint density at radius 1 is 0.971 bits per heavy atom. The van der Waals surface area contributed by atoms with Crippen LogP contribution in [0.5, 0.6) is 0 Å². The molecule has 0 bridgehead atoms. The van der Waals surface area contributed by atoms with Crippen LogP contribution >= 0.6 is 0 Å². The summed E-state index contributed by atoms with van der Waals surface area (Å²) in [5, 5.41) is 13.4. The van der Waals surface area contributed by atoms with Crippen LogP contribution in [-0.2, 0) is 21.1 Å². The fraction of sp³-hybridized carbons (Fsp3) is 0.0833. The highest BCUT2D eigenvalue weighted by atomic mass is 32.2. The number of halogens is 1. The Hall–Kier alpha value is -4.38. The number of oxazole rings is 1. The van der Waals surface area contributed by atoms with Gasteiger partial charge in [-0.25, -0.2) is 17.8 Å². The van der Waals surface area contributed by atoms with Crippen LogP contribution in [0.3, 0.4) is 0 Å². The van der Waals surface area contributed by atoms with Gasteiger partial charge in [-0.3, -0.25) is 14.9 Å². The quantitative estimate of drug-likeness (QED) is 0.274. The van der Waals surface area contributed by atoms with E-state index in [1.807, 2.05) is 0 Å². The lowest BCUT2D eigenvalue weighted by molar-refractivity contribution is -0.384. The molecule has 0 spiro atoms. The summed E-state index contributed by atoms with van der Waals surface area (Å²) in [7, 11) is -3.87. The molecule has 0 aliphatic heterocycles. The van der Waals surface area contributed by atoms with Crippen LogP contribution < -0.4 is 5.32 Å². The number of nitrogens with one attached hydrogen (secondary N) is 1. The highest BCUT2D eigenvalue weighted by molar-refractivity contribution is 7.91. The number of non-ortho nitro benzene ring substituents is 1. The van der Waals surface area contributed by atoms with Crippen molar-refractivity contribution in [3.8, 4) is 11.3 Å². The van der Waals surface area contributed by atoms with Gasteiger partial charge in [-0.2, -0.15) is 0 Å². The molecule has 4 aromatic rings. The van der Waals surface area contributed by atoms with Gasteiger partial charge in [0.05, 0.1) is 20.9 Å². The molecule has 35 heavy (non-hydrogen) atoms. The van der Waals surface area contributed by atoms with Gasteiger partial charge in [0.25, 0.3) is 5.69 Å². The lowest BCUT2D eigenvalue weighted by atomic mass is 10.2. The SMILES string of the molecule is O=C(CCc1ncc(-c2ccc(F)cc2)o1)Nc1ccc(S(=O)(=O)c2ccc([N+](=O)[O-])cc2)cc1. The van der Waals surface area contributed by atoms with E-state index in [9.17, 15) is 27.7 Å². The summed E-state index contributed by atoms with van der Waals surface area (Å²) >= 11 is 0. The molecule has 178 valence electrons. The minimum absolute atomic E-state index is 0.0162. The van der Waals surface area contributed by atoms with Gasteiger partial charge in [-0.05, 0) is 60.7 Å². The number of benzene rings is 3. The van der Waals surface area contributed by atoms with Crippen molar-refractivity contribution >= 4 is 27.1 Å². The molecule has 1 aromatic heterocycles. The van der Waals surface area contributed by atoms with Gasteiger partial charge in [0.1, 0.15) is 5.82 Å². The molecule has 0 aliphatic carbocycles. The number of hydrogen-bond donors (Lipinski definition) is 1. The van der Waals surface area contributed by atoms with Crippen molar-refractivity contribution < 1.29 is 26.9 Å². The number of anilines is 1. The third-order valence-corrected chi connectivity index (χ3v) is 6.84. The Labute approximate surface area is 199 Å². The van der Waals surface area contributed by atoms with Crippen LogP contribution in [0.4, 0.5) is 15.8 Å². The predicted octanol–water partition coefficient (Wildman–Crippen LogP) is 4.79. The van der Waals surface area contributed by atoms with Crippen LogP contribution in [-0.4, -0.2) is 24.2 Å². The maximum absolute atomic E-state index is 13.1. The Balaban J connectivity index is 1.35. The third kappa shape index (κ3) is 5.58. The maximum atomic E-state index is 13.1. The smallest absolute Gasteiger partial charge is 0.269 e. The van der Waals surface area contributed by atoms with E-state index in [0.29, 0.717) is 22.9 Å². The zero-order chi connectivity index (χ0) is 25.0. The van der Waals surface area contributed by atoms with E-state index in [0.717, 1.165) is 12.1 Å². The number of carbonyl (C=O) groups excluding carboxylic acids is 1. The van der Waals surface area contributed by atoms with Crippen molar-refractivity contribution in [1.82, 2.24) is 4.98 Å². The van der Waals surface area contributed by atoms with Crippen molar-refractivity contribution in [1.29, 1.82) is 0 Å². The molecule has 1 N–H and O–H groups in total. The fourth-order valence-electron chi connectivity index (χ4n) is 3.22. The zero-order valence-electron chi connectivity index (χ0n) is 18.0. The summed E-state index contributed by atoms with van der Waals surface area (Å²) < 4.78 is 44.1. The molecule has 0 saturated carbocycles. The summed E-state index contributed by atoms with van der Waals surface area (Å²) in [6, 6.07) is 15.9. The summed E-state index contributed by atoms with van der Waals surface area (Å²) in [6.07, 6.45) is 1.82. The Morgan fingerprint density at radius 3 is 2.17 bits per heavy atom. The molecular formula is C24H18FN3O6S. The van der Waals surface area contributed by atoms with Gasteiger partial charge < -0.3 is 9.73 Å². The zero-order valence-corrected chi connectivity index (χ0v) is 18.9. The first-order valence-electron chi connectivity index (χ1n) is 10.3. The molecule has 11 heteroatoms. The normalized spacial score (nSPS) is 11.2. The van der Waals surface area contributed by atoms with E-state index < -0.39 is 14.8 Å². The molecule has 0 fully saturated rings.